The molecule has 0 aromatic heterocycles. The van der Waals surface area contributed by atoms with E-state index in [4.69, 9.17) is 5.14 Å². The molecule has 1 aliphatic rings. The van der Waals surface area contributed by atoms with Crippen LogP contribution in [0.25, 0.3) is 0 Å². The lowest BCUT2D eigenvalue weighted by Gasteiger charge is -2.22. The van der Waals surface area contributed by atoms with Crippen LogP contribution in [-0.2, 0) is 10.0 Å². The molecular weight excluding hydrogens is 312 g/mol. The Morgan fingerprint density at radius 1 is 1.43 bits per heavy atom. The predicted octanol–water partition coefficient (Wildman–Crippen LogP) is 1.73. The maximum atomic E-state index is 11.3. The SMILES string of the molecule is NS(=O)(=O)c1ccc(NCC2CCCCS2)c(C(=O)O)c1. The molecule has 0 spiro atoms. The number of hydrogen-bond acceptors (Lipinski definition) is 5. The second kappa shape index (κ2) is 6.67. The lowest BCUT2D eigenvalue weighted by atomic mass is 10.1. The summed E-state index contributed by atoms with van der Waals surface area (Å²) in [5, 5.41) is 17.8. The van der Waals surface area contributed by atoms with E-state index in [1.807, 2.05) is 11.8 Å². The summed E-state index contributed by atoms with van der Waals surface area (Å²) in [5.41, 5.74) is 0.336. The molecule has 6 nitrogen and oxygen atoms in total. The van der Waals surface area contributed by atoms with Crippen LogP contribution < -0.4 is 10.5 Å². The molecule has 0 saturated carbocycles. The van der Waals surface area contributed by atoms with Gasteiger partial charge in [0.05, 0.1) is 10.5 Å². The smallest absolute Gasteiger partial charge is 0.337 e. The quantitative estimate of drug-likeness (QED) is 0.758. The molecule has 0 amide bonds. The topological polar surface area (TPSA) is 109 Å². The van der Waals surface area contributed by atoms with Crippen molar-refractivity contribution >= 4 is 33.4 Å². The Morgan fingerprint density at radius 2 is 2.19 bits per heavy atom. The van der Waals surface area contributed by atoms with Gasteiger partial charge in [0.1, 0.15) is 0 Å². The Morgan fingerprint density at radius 3 is 2.76 bits per heavy atom. The van der Waals surface area contributed by atoms with Crippen molar-refractivity contribution in [2.24, 2.45) is 5.14 Å². The summed E-state index contributed by atoms with van der Waals surface area (Å²) >= 11 is 1.88. The Balaban J connectivity index is 2.16. The molecule has 1 aliphatic heterocycles. The Kier molecular flexibility index (Phi) is 5.13. The summed E-state index contributed by atoms with van der Waals surface area (Å²) < 4.78 is 22.6. The average Bonchev–Trinajstić information content (AvgIpc) is 2.45. The van der Waals surface area contributed by atoms with Crippen LogP contribution in [-0.4, -0.2) is 37.0 Å². The highest BCUT2D eigenvalue weighted by Gasteiger charge is 2.18. The van der Waals surface area contributed by atoms with Crippen molar-refractivity contribution in [1.29, 1.82) is 0 Å². The molecule has 2 rings (SSSR count). The van der Waals surface area contributed by atoms with Gasteiger partial charge in [0.15, 0.2) is 0 Å². The first-order valence-corrected chi connectivity index (χ1v) is 9.23. The molecule has 116 valence electrons. The molecule has 1 unspecified atom stereocenters. The van der Waals surface area contributed by atoms with Crippen molar-refractivity contribution in [3.8, 4) is 0 Å². The molecule has 1 aromatic rings. The zero-order valence-electron chi connectivity index (χ0n) is 11.4. The first kappa shape index (κ1) is 16.1. The lowest BCUT2D eigenvalue weighted by molar-refractivity contribution is 0.0697. The van der Waals surface area contributed by atoms with Gasteiger partial charge in [-0.05, 0) is 36.8 Å². The van der Waals surface area contributed by atoms with Crippen molar-refractivity contribution < 1.29 is 18.3 Å². The molecule has 21 heavy (non-hydrogen) atoms. The van der Waals surface area contributed by atoms with Gasteiger partial charge in [0.2, 0.25) is 10.0 Å². The van der Waals surface area contributed by atoms with Crippen LogP contribution in [0.2, 0.25) is 0 Å². The van der Waals surface area contributed by atoms with Gasteiger partial charge < -0.3 is 10.4 Å². The van der Waals surface area contributed by atoms with Crippen LogP contribution in [0.1, 0.15) is 29.6 Å². The van der Waals surface area contributed by atoms with Crippen molar-refractivity contribution in [2.45, 2.75) is 29.4 Å². The molecule has 0 bridgehead atoms. The van der Waals surface area contributed by atoms with Crippen molar-refractivity contribution in [2.75, 3.05) is 17.6 Å². The van der Waals surface area contributed by atoms with Gasteiger partial charge in [-0.3, -0.25) is 0 Å². The number of nitrogens with one attached hydrogen (secondary N) is 1. The minimum Gasteiger partial charge on any atom is -0.478 e. The number of anilines is 1. The molecule has 0 radical (unpaired) electrons. The van der Waals surface area contributed by atoms with Gasteiger partial charge in [-0.2, -0.15) is 11.8 Å². The largest absolute Gasteiger partial charge is 0.478 e. The van der Waals surface area contributed by atoms with Crippen molar-refractivity contribution in [1.82, 2.24) is 0 Å². The van der Waals surface area contributed by atoms with Gasteiger partial charge >= 0.3 is 5.97 Å². The van der Waals surface area contributed by atoms with E-state index in [9.17, 15) is 18.3 Å². The zero-order valence-corrected chi connectivity index (χ0v) is 13.0. The molecule has 1 fully saturated rings. The number of nitrogens with two attached hydrogens (primary N) is 1. The highest BCUT2D eigenvalue weighted by molar-refractivity contribution is 7.99. The summed E-state index contributed by atoms with van der Waals surface area (Å²) in [6.07, 6.45) is 3.52. The molecule has 0 aliphatic carbocycles. The third-order valence-corrected chi connectivity index (χ3v) is 5.65. The fraction of sp³-hybridized carbons (Fsp3) is 0.462. The van der Waals surface area contributed by atoms with Gasteiger partial charge in [-0.25, -0.2) is 18.4 Å². The molecular formula is C13H18N2O4S2. The highest BCUT2D eigenvalue weighted by Crippen LogP contribution is 2.26. The van der Waals surface area contributed by atoms with E-state index in [1.165, 1.54) is 25.0 Å². The number of hydrogen-bond donors (Lipinski definition) is 3. The van der Waals surface area contributed by atoms with E-state index in [2.05, 4.69) is 5.32 Å². The first-order chi connectivity index (χ1) is 9.88. The van der Waals surface area contributed by atoms with Crippen molar-refractivity contribution in [3.05, 3.63) is 23.8 Å². The number of carbonyl (C=O) groups is 1. The lowest BCUT2D eigenvalue weighted by Crippen LogP contribution is -2.21. The monoisotopic (exact) mass is 330 g/mol. The molecule has 4 N–H and O–H groups in total. The van der Waals surface area contributed by atoms with Gasteiger partial charge in [0, 0.05) is 17.5 Å². The van der Waals surface area contributed by atoms with Crippen LogP contribution in [0.5, 0.6) is 0 Å². The minimum absolute atomic E-state index is 0.0812. The summed E-state index contributed by atoms with van der Waals surface area (Å²) in [7, 11) is -3.91. The van der Waals surface area contributed by atoms with Crippen LogP contribution in [0.4, 0.5) is 5.69 Å². The highest BCUT2D eigenvalue weighted by atomic mass is 32.2. The van der Waals surface area contributed by atoms with E-state index in [-0.39, 0.29) is 10.5 Å². The van der Waals surface area contributed by atoms with Crippen LogP contribution in [0.15, 0.2) is 23.1 Å². The van der Waals surface area contributed by atoms with E-state index >= 15 is 0 Å². The normalized spacial score (nSPS) is 19.2. The Hall–Kier alpha value is -1.25. The maximum absolute atomic E-state index is 11.3. The maximum Gasteiger partial charge on any atom is 0.337 e. The molecule has 1 atom stereocenters. The number of carboxylic acids is 1. The predicted molar refractivity (Wildman–Crippen MR) is 83.4 cm³/mol. The molecule has 1 aromatic carbocycles. The third kappa shape index (κ3) is 4.36. The summed E-state index contributed by atoms with van der Waals surface area (Å²) in [5.74, 6) is -0.0537. The Bertz CT molecular complexity index is 625. The summed E-state index contributed by atoms with van der Waals surface area (Å²) in [6, 6.07) is 3.86. The number of carboxylic acid groups (broad SMARTS) is 1. The van der Waals surface area contributed by atoms with Crippen LogP contribution in [0.3, 0.4) is 0 Å². The first-order valence-electron chi connectivity index (χ1n) is 6.63. The Labute approximate surface area is 128 Å². The third-order valence-electron chi connectivity index (χ3n) is 3.34. The number of sulfonamides is 1. The average molecular weight is 330 g/mol. The molecule has 1 saturated heterocycles. The standard InChI is InChI=1S/C13H18N2O4S2/c14-21(18,19)10-4-5-12(11(7-10)13(16)17)15-8-9-3-1-2-6-20-9/h4-5,7,9,15H,1-3,6,8H2,(H,16,17)(H2,14,18,19). The summed E-state index contributed by atoms with van der Waals surface area (Å²) in [4.78, 5) is 11.1. The molecule has 8 heteroatoms. The number of thioether (sulfide) groups is 1. The fourth-order valence-electron chi connectivity index (χ4n) is 2.22. The van der Waals surface area contributed by atoms with E-state index in [1.54, 1.807) is 0 Å². The number of aromatic carboxylic acids is 1. The van der Waals surface area contributed by atoms with E-state index < -0.39 is 16.0 Å². The van der Waals surface area contributed by atoms with Crippen molar-refractivity contribution in [3.63, 3.8) is 0 Å². The van der Waals surface area contributed by atoms with E-state index in [0.717, 1.165) is 18.2 Å². The summed E-state index contributed by atoms with van der Waals surface area (Å²) in [6.45, 7) is 0.666. The van der Waals surface area contributed by atoms with Gasteiger partial charge in [-0.15, -0.1) is 0 Å². The molecule has 1 heterocycles. The van der Waals surface area contributed by atoms with E-state index in [0.29, 0.717) is 17.5 Å². The van der Waals surface area contributed by atoms with Crippen LogP contribution in [0, 0.1) is 0 Å². The van der Waals surface area contributed by atoms with Gasteiger partial charge in [-0.1, -0.05) is 6.42 Å². The second-order valence-electron chi connectivity index (χ2n) is 4.93. The minimum atomic E-state index is -3.91. The number of rotatable bonds is 5. The number of benzene rings is 1. The second-order valence-corrected chi connectivity index (χ2v) is 7.90. The van der Waals surface area contributed by atoms with Gasteiger partial charge in [0.25, 0.3) is 0 Å². The zero-order chi connectivity index (χ0) is 15.5. The van der Waals surface area contributed by atoms with Crippen LogP contribution >= 0.6 is 11.8 Å². The number of primary sulfonamides is 1. The fourth-order valence-corrected chi connectivity index (χ4v) is 4.00.